The van der Waals surface area contributed by atoms with Crippen molar-refractivity contribution in [3.05, 3.63) is 45.7 Å². The van der Waals surface area contributed by atoms with E-state index >= 15 is 0 Å². The van der Waals surface area contributed by atoms with E-state index in [-0.39, 0.29) is 5.56 Å². The maximum atomic E-state index is 11.4. The van der Waals surface area contributed by atoms with Crippen LogP contribution in [0.15, 0.2) is 29.1 Å². The average molecular weight is 218 g/mol. The van der Waals surface area contributed by atoms with Gasteiger partial charge in [0.15, 0.2) is 0 Å². The predicted molar refractivity (Wildman–Crippen MR) is 63.3 cm³/mol. The quantitative estimate of drug-likeness (QED) is 0.660. The number of aromatic nitrogens is 1. The van der Waals surface area contributed by atoms with Gasteiger partial charge < -0.3 is 10.1 Å². The lowest BCUT2D eigenvalue weighted by molar-refractivity contribution is 0.150. The first kappa shape index (κ1) is 10.9. The Balaban J connectivity index is 2.79. The molecular formula is C12H14N2O2. The zero-order valence-electron chi connectivity index (χ0n) is 9.24. The van der Waals surface area contributed by atoms with Gasteiger partial charge in [-0.05, 0) is 26.1 Å². The number of nitrogens with one attached hydrogen (secondary N) is 2. The largest absolute Gasteiger partial charge is 0.374 e. The summed E-state index contributed by atoms with van der Waals surface area (Å²) in [4.78, 5) is 14.2. The van der Waals surface area contributed by atoms with Crippen molar-refractivity contribution in [3.8, 4) is 0 Å². The third-order valence-electron chi connectivity index (χ3n) is 2.60. The molecule has 1 heterocycles. The molecule has 0 aliphatic heterocycles. The Bertz CT molecular complexity index is 575. The van der Waals surface area contributed by atoms with Gasteiger partial charge in [-0.2, -0.15) is 0 Å². The van der Waals surface area contributed by atoms with Gasteiger partial charge in [-0.15, -0.1) is 0 Å². The van der Waals surface area contributed by atoms with E-state index in [1.807, 2.05) is 25.1 Å². The summed E-state index contributed by atoms with van der Waals surface area (Å²) in [5.41, 5.74) is 2.22. The monoisotopic (exact) mass is 218 g/mol. The molecule has 1 aromatic heterocycles. The maximum absolute atomic E-state index is 11.4. The Labute approximate surface area is 92.9 Å². The van der Waals surface area contributed by atoms with Crippen LogP contribution in [0.25, 0.3) is 10.9 Å². The molecular weight excluding hydrogens is 204 g/mol. The number of aliphatic hydroxyl groups excluding tert-OH is 1. The Hall–Kier alpha value is -1.65. The fourth-order valence-corrected chi connectivity index (χ4v) is 1.78. The molecule has 0 aliphatic carbocycles. The molecule has 0 amide bonds. The van der Waals surface area contributed by atoms with E-state index in [1.54, 1.807) is 7.05 Å². The van der Waals surface area contributed by atoms with E-state index in [9.17, 15) is 9.90 Å². The number of H-pyrrole nitrogens is 1. The zero-order chi connectivity index (χ0) is 11.7. The lowest BCUT2D eigenvalue weighted by Gasteiger charge is -2.12. The van der Waals surface area contributed by atoms with E-state index in [0.717, 1.165) is 16.5 Å². The van der Waals surface area contributed by atoms with Gasteiger partial charge in [0.25, 0.3) is 0 Å². The lowest BCUT2D eigenvalue weighted by Crippen LogP contribution is -2.18. The molecule has 0 spiro atoms. The third-order valence-corrected chi connectivity index (χ3v) is 2.60. The van der Waals surface area contributed by atoms with Crippen LogP contribution in [0.3, 0.4) is 0 Å². The van der Waals surface area contributed by atoms with Crippen LogP contribution in [0.4, 0.5) is 0 Å². The molecule has 4 heteroatoms. The number of aliphatic hydroxyl groups is 1. The Morgan fingerprint density at radius 3 is 2.81 bits per heavy atom. The summed E-state index contributed by atoms with van der Waals surface area (Å²) in [6.45, 7) is 1.97. The summed E-state index contributed by atoms with van der Waals surface area (Å²) in [5, 5.41) is 13.4. The van der Waals surface area contributed by atoms with E-state index in [0.29, 0.717) is 5.56 Å². The topological polar surface area (TPSA) is 65.1 Å². The van der Waals surface area contributed by atoms with Gasteiger partial charge in [0.1, 0.15) is 6.23 Å². The first-order valence-corrected chi connectivity index (χ1v) is 5.11. The molecule has 0 radical (unpaired) electrons. The fraction of sp³-hybridized carbons (Fsp3) is 0.250. The summed E-state index contributed by atoms with van der Waals surface area (Å²) in [5.74, 6) is 0. The van der Waals surface area contributed by atoms with Crippen molar-refractivity contribution in [2.24, 2.45) is 0 Å². The SMILES string of the molecule is CNC(O)c1cc(=O)[nH]c2ccc(C)cc12. The van der Waals surface area contributed by atoms with Crippen LogP contribution in [-0.2, 0) is 0 Å². The summed E-state index contributed by atoms with van der Waals surface area (Å²) in [6, 6.07) is 7.13. The fourth-order valence-electron chi connectivity index (χ4n) is 1.78. The van der Waals surface area contributed by atoms with E-state index < -0.39 is 6.23 Å². The van der Waals surface area contributed by atoms with Crippen LogP contribution in [0.5, 0.6) is 0 Å². The van der Waals surface area contributed by atoms with Crippen molar-refractivity contribution < 1.29 is 5.11 Å². The highest BCUT2D eigenvalue weighted by Gasteiger charge is 2.10. The number of fused-ring (bicyclic) bond motifs is 1. The number of hydrogen-bond donors (Lipinski definition) is 3. The second-order valence-corrected chi connectivity index (χ2v) is 3.83. The average Bonchev–Trinajstić information content (AvgIpc) is 2.27. The highest BCUT2D eigenvalue weighted by atomic mass is 16.3. The van der Waals surface area contributed by atoms with E-state index in [1.165, 1.54) is 6.07 Å². The number of aryl methyl sites for hydroxylation is 1. The zero-order valence-corrected chi connectivity index (χ0v) is 9.24. The molecule has 0 saturated carbocycles. The molecule has 1 atom stereocenters. The van der Waals surface area contributed by atoms with Gasteiger partial charge in [-0.25, -0.2) is 0 Å². The second-order valence-electron chi connectivity index (χ2n) is 3.83. The number of aromatic amines is 1. The smallest absolute Gasteiger partial charge is 0.248 e. The first-order chi connectivity index (χ1) is 7.61. The molecule has 0 aliphatic rings. The van der Waals surface area contributed by atoms with Crippen molar-refractivity contribution in [2.45, 2.75) is 13.2 Å². The van der Waals surface area contributed by atoms with Crippen LogP contribution in [0.2, 0.25) is 0 Å². The summed E-state index contributed by atoms with van der Waals surface area (Å²) in [7, 11) is 1.65. The molecule has 1 unspecified atom stereocenters. The molecule has 4 nitrogen and oxygen atoms in total. The van der Waals surface area contributed by atoms with Gasteiger partial charge in [0, 0.05) is 22.5 Å². The van der Waals surface area contributed by atoms with Gasteiger partial charge in [0.2, 0.25) is 5.56 Å². The number of benzene rings is 1. The van der Waals surface area contributed by atoms with Crippen molar-refractivity contribution >= 4 is 10.9 Å². The normalized spacial score (nSPS) is 12.9. The highest BCUT2D eigenvalue weighted by molar-refractivity contribution is 5.82. The van der Waals surface area contributed by atoms with Crippen LogP contribution < -0.4 is 10.9 Å². The molecule has 0 saturated heterocycles. The molecule has 2 rings (SSSR count). The number of rotatable bonds is 2. The molecule has 2 aromatic rings. The molecule has 1 aromatic carbocycles. The molecule has 16 heavy (non-hydrogen) atoms. The van der Waals surface area contributed by atoms with Crippen molar-refractivity contribution in [1.29, 1.82) is 0 Å². The Kier molecular flexibility index (Phi) is 2.77. The molecule has 0 bridgehead atoms. The van der Waals surface area contributed by atoms with Gasteiger partial charge in [-0.1, -0.05) is 11.6 Å². The summed E-state index contributed by atoms with van der Waals surface area (Å²) >= 11 is 0. The predicted octanol–water partition coefficient (Wildman–Crippen LogP) is 1.05. The van der Waals surface area contributed by atoms with Gasteiger partial charge >= 0.3 is 0 Å². The first-order valence-electron chi connectivity index (χ1n) is 5.11. The highest BCUT2D eigenvalue weighted by Crippen LogP contribution is 2.20. The number of hydrogen-bond acceptors (Lipinski definition) is 3. The molecule has 84 valence electrons. The third kappa shape index (κ3) is 1.85. The number of pyridine rings is 1. The van der Waals surface area contributed by atoms with Crippen molar-refractivity contribution in [2.75, 3.05) is 7.05 Å². The minimum absolute atomic E-state index is 0.208. The summed E-state index contributed by atoms with van der Waals surface area (Å²) in [6.07, 6.45) is -0.827. The van der Waals surface area contributed by atoms with Crippen LogP contribution in [-0.4, -0.2) is 17.1 Å². The Morgan fingerprint density at radius 2 is 2.12 bits per heavy atom. The Morgan fingerprint density at radius 1 is 1.38 bits per heavy atom. The van der Waals surface area contributed by atoms with Crippen LogP contribution in [0.1, 0.15) is 17.4 Å². The molecule has 3 N–H and O–H groups in total. The maximum Gasteiger partial charge on any atom is 0.248 e. The summed E-state index contributed by atoms with van der Waals surface area (Å²) < 4.78 is 0. The molecule has 0 fully saturated rings. The minimum Gasteiger partial charge on any atom is -0.374 e. The second kappa shape index (κ2) is 4.08. The van der Waals surface area contributed by atoms with Gasteiger partial charge in [-0.3, -0.25) is 10.1 Å². The minimum atomic E-state index is -0.827. The standard InChI is InChI=1S/C12H14N2O2/c1-7-3-4-10-8(5-7)9(12(16)13-2)6-11(15)14-10/h3-6,12-13,16H,1-2H3,(H,14,15). The van der Waals surface area contributed by atoms with Crippen LogP contribution in [0, 0.1) is 6.92 Å². The van der Waals surface area contributed by atoms with E-state index in [4.69, 9.17) is 0 Å². The van der Waals surface area contributed by atoms with Gasteiger partial charge in [0.05, 0.1) is 0 Å². The van der Waals surface area contributed by atoms with Crippen molar-refractivity contribution in [3.63, 3.8) is 0 Å². The van der Waals surface area contributed by atoms with Crippen LogP contribution >= 0.6 is 0 Å². The van der Waals surface area contributed by atoms with Crippen molar-refractivity contribution in [1.82, 2.24) is 10.3 Å². The van der Waals surface area contributed by atoms with E-state index in [2.05, 4.69) is 10.3 Å². The lowest BCUT2D eigenvalue weighted by atomic mass is 10.1.